The summed E-state index contributed by atoms with van der Waals surface area (Å²) in [5, 5.41) is 10.1. The largest absolute Gasteiger partial charge is 0.573 e. The summed E-state index contributed by atoms with van der Waals surface area (Å²) >= 11 is 0. The fourth-order valence-electron chi connectivity index (χ4n) is 0.861. The minimum Gasteiger partial charge on any atom is -0.403 e. The van der Waals surface area contributed by atoms with Gasteiger partial charge in [-0.1, -0.05) is 0 Å². The molecule has 0 heterocycles. The number of alkyl halides is 3. The van der Waals surface area contributed by atoms with Gasteiger partial charge in [-0.25, -0.2) is 4.39 Å². The van der Waals surface area contributed by atoms with Crippen LogP contribution in [-0.2, 0) is 0 Å². The molecule has 0 fully saturated rings. The molecule has 88 valence electrons. The quantitative estimate of drug-likeness (QED) is 0.456. The summed E-state index contributed by atoms with van der Waals surface area (Å²) in [7, 11) is 0. The fraction of sp³-hybridized carbons (Fsp3) is 0.143. The van der Waals surface area contributed by atoms with Gasteiger partial charge in [-0.3, -0.25) is 10.1 Å². The summed E-state index contributed by atoms with van der Waals surface area (Å²) in [5.74, 6) is -4.76. The maximum Gasteiger partial charge on any atom is 0.573 e. The van der Waals surface area contributed by atoms with Crippen LogP contribution in [0.1, 0.15) is 0 Å². The number of benzene rings is 1. The Labute approximate surface area is 84.4 Å². The summed E-state index contributed by atoms with van der Waals surface area (Å²) in [6.07, 6.45) is -5.20. The van der Waals surface area contributed by atoms with Crippen molar-refractivity contribution in [3.63, 3.8) is 0 Å². The molecular weight excluding hydrogens is 241 g/mol. The summed E-state index contributed by atoms with van der Waals surface area (Å²) in [4.78, 5) is 8.84. The van der Waals surface area contributed by atoms with E-state index < -0.39 is 34.4 Å². The molecule has 1 rings (SSSR count). The van der Waals surface area contributed by atoms with Crippen molar-refractivity contribution >= 4 is 5.69 Å². The molecule has 0 aliphatic carbocycles. The number of halogens is 5. The number of rotatable bonds is 2. The maximum atomic E-state index is 12.8. The zero-order valence-corrected chi connectivity index (χ0v) is 7.22. The Morgan fingerprint density at radius 2 is 1.75 bits per heavy atom. The third-order valence-electron chi connectivity index (χ3n) is 1.42. The molecule has 1 aromatic carbocycles. The molecule has 0 aliphatic heterocycles. The minimum atomic E-state index is -5.20. The van der Waals surface area contributed by atoms with Crippen LogP contribution in [0.5, 0.6) is 5.75 Å². The highest BCUT2D eigenvalue weighted by Crippen LogP contribution is 2.30. The second-order valence-corrected chi connectivity index (χ2v) is 2.54. The van der Waals surface area contributed by atoms with E-state index in [1.807, 2.05) is 0 Å². The third kappa shape index (κ3) is 2.78. The summed E-state index contributed by atoms with van der Waals surface area (Å²) < 4.78 is 63.7. The predicted molar refractivity (Wildman–Crippen MR) is 39.7 cm³/mol. The molecule has 0 atom stereocenters. The van der Waals surface area contributed by atoms with E-state index in [0.717, 1.165) is 0 Å². The number of nitro benzene ring substituents is 1. The maximum absolute atomic E-state index is 12.8. The highest BCUT2D eigenvalue weighted by molar-refractivity contribution is 5.39. The Morgan fingerprint density at radius 1 is 1.19 bits per heavy atom. The average molecular weight is 243 g/mol. The molecule has 9 heteroatoms. The molecule has 0 aromatic heterocycles. The Balaban J connectivity index is 3.16. The Bertz CT molecular complexity index is 431. The van der Waals surface area contributed by atoms with Gasteiger partial charge in [0, 0.05) is 6.07 Å². The van der Waals surface area contributed by atoms with Crippen molar-refractivity contribution in [2.24, 2.45) is 0 Å². The molecule has 0 N–H and O–H groups in total. The van der Waals surface area contributed by atoms with Crippen LogP contribution in [0, 0.1) is 21.7 Å². The molecule has 4 nitrogen and oxygen atoms in total. The zero-order chi connectivity index (χ0) is 12.5. The Hall–Kier alpha value is -1.93. The Kier molecular flexibility index (Phi) is 2.97. The molecule has 0 saturated carbocycles. The van der Waals surface area contributed by atoms with Crippen LogP contribution in [0.15, 0.2) is 12.1 Å². The van der Waals surface area contributed by atoms with E-state index >= 15 is 0 Å². The molecule has 16 heavy (non-hydrogen) atoms. The molecule has 0 spiro atoms. The SMILES string of the molecule is O=[N+]([O-])c1cc(F)c(OC(F)(F)F)cc1F. The Morgan fingerprint density at radius 3 is 2.19 bits per heavy atom. The van der Waals surface area contributed by atoms with Gasteiger partial charge in [0.25, 0.3) is 0 Å². The van der Waals surface area contributed by atoms with Gasteiger partial charge in [0.05, 0.1) is 11.0 Å². The van der Waals surface area contributed by atoms with Gasteiger partial charge in [-0.2, -0.15) is 4.39 Å². The normalized spacial score (nSPS) is 11.3. The van der Waals surface area contributed by atoms with Crippen LogP contribution in [-0.4, -0.2) is 11.3 Å². The van der Waals surface area contributed by atoms with Crippen molar-refractivity contribution in [3.8, 4) is 5.75 Å². The monoisotopic (exact) mass is 243 g/mol. The topological polar surface area (TPSA) is 52.4 Å². The number of nitro groups is 1. The fourth-order valence-corrected chi connectivity index (χ4v) is 0.861. The standard InChI is InChI=1S/C7H2F5NO3/c8-3-2-6(16-7(10,11)12)4(9)1-5(3)13(14)15/h1-2H. The van der Waals surface area contributed by atoms with Gasteiger partial charge in [0.15, 0.2) is 11.6 Å². The van der Waals surface area contributed by atoms with E-state index in [0.29, 0.717) is 0 Å². The first-order valence-electron chi connectivity index (χ1n) is 3.60. The molecule has 0 aliphatic rings. The van der Waals surface area contributed by atoms with Gasteiger partial charge in [-0.15, -0.1) is 13.2 Å². The van der Waals surface area contributed by atoms with Gasteiger partial charge < -0.3 is 4.74 Å². The van der Waals surface area contributed by atoms with E-state index in [1.165, 1.54) is 0 Å². The smallest absolute Gasteiger partial charge is 0.403 e. The lowest BCUT2D eigenvalue weighted by molar-refractivity contribution is -0.387. The number of nitrogens with zero attached hydrogens (tertiary/aromatic N) is 1. The van der Waals surface area contributed by atoms with Crippen molar-refractivity contribution in [1.29, 1.82) is 0 Å². The number of hydrogen-bond acceptors (Lipinski definition) is 3. The van der Waals surface area contributed by atoms with E-state index in [9.17, 15) is 32.1 Å². The van der Waals surface area contributed by atoms with Gasteiger partial charge in [0.1, 0.15) is 0 Å². The van der Waals surface area contributed by atoms with Gasteiger partial charge in [0.2, 0.25) is 5.82 Å². The van der Waals surface area contributed by atoms with E-state index in [2.05, 4.69) is 4.74 Å². The van der Waals surface area contributed by atoms with Crippen LogP contribution < -0.4 is 4.74 Å². The van der Waals surface area contributed by atoms with Crippen LogP contribution in [0.25, 0.3) is 0 Å². The highest BCUT2D eigenvalue weighted by atomic mass is 19.4. The van der Waals surface area contributed by atoms with E-state index in [1.54, 1.807) is 0 Å². The number of ether oxygens (including phenoxy) is 1. The predicted octanol–water partition coefficient (Wildman–Crippen LogP) is 2.77. The lowest BCUT2D eigenvalue weighted by Crippen LogP contribution is -2.18. The molecule has 0 amide bonds. The van der Waals surface area contributed by atoms with Gasteiger partial charge in [-0.05, 0) is 0 Å². The molecule has 0 radical (unpaired) electrons. The van der Waals surface area contributed by atoms with Crippen LogP contribution in [0.4, 0.5) is 27.6 Å². The zero-order valence-electron chi connectivity index (χ0n) is 7.22. The van der Waals surface area contributed by atoms with E-state index in [-0.39, 0.29) is 12.1 Å². The lowest BCUT2D eigenvalue weighted by Gasteiger charge is -2.09. The summed E-state index contributed by atoms with van der Waals surface area (Å²) in [6.45, 7) is 0. The summed E-state index contributed by atoms with van der Waals surface area (Å²) in [5.41, 5.74) is -1.27. The molecule has 0 saturated heterocycles. The van der Waals surface area contributed by atoms with E-state index in [4.69, 9.17) is 0 Å². The molecular formula is C7H2F5NO3. The van der Waals surface area contributed by atoms with Crippen molar-refractivity contribution in [3.05, 3.63) is 33.9 Å². The van der Waals surface area contributed by atoms with Crippen molar-refractivity contribution in [2.45, 2.75) is 6.36 Å². The second-order valence-electron chi connectivity index (χ2n) is 2.54. The summed E-state index contributed by atoms with van der Waals surface area (Å²) in [6, 6.07) is -0.0304. The number of hydrogen-bond donors (Lipinski definition) is 0. The first-order valence-corrected chi connectivity index (χ1v) is 3.60. The van der Waals surface area contributed by atoms with Crippen LogP contribution in [0.2, 0.25) is 0 Å². The third-order valence-corrected chi connectivity index (χ3v) is 1.42. The first kappa shape index (κ1) is 12.1. The van der Waals surface area contributed by atoms with Crippen molar-refractivity contribution in [2.75, 3.05) is 0 Å². The lowest BCUT2D eigenvalue weighted by atomic mass is 10.3. The highest BCUT2D eigenvalue weighted by Gasteiger charge is 2.33. The minimum absolute atomic E-state index is 0.0103. The molecule has 0 unspecified atom stereocenters. The van der Waals surface area contributed by atoms with Crippen molar-refractivity contribution < 1.29 is 31.6 Å². The van der Waals surface area contributed by atoms with Crippen LogP contribution in [0.3, 0.4) is 0 Å². The van der Waals surface area contributed by atoms with Crippen LogP contribution >= 0.6 is 0 Å². The second kappa shape index (κ2) is 3.91. The van der Waals surface area contributed by atoms with Crippen molar-refractivity contribution in [1.82, 2.24) is 0 Å². The molecule has 1 aromatic rings. The molecule has 0 bridgehead atoms. The average Bonchev–Trinajstić information content (AvgIpc) is 2.07. The first-order chi connectivity index (χ1) is 7.20. The van der Waals surface area contributed by atoms with Gasteiger partial charge >= 0.3 is 12.0 Å².